The van der Waals surface area contributed by atoms with Crippen molar-refractivity contribution < 1.29 is 14.5 Å². The summed E-state index contributed by atoms with van der Waals surface area (Å²) in [5.41, 5.74) is 1.48. The van der Waals surface area contributed by atoms with E-state index >= 15 is 0 Å². The molecule has 1 amide bonds. The number of methoxy groups -OCH3 is 1. The second-order valence-corrected chi connectivity index (χ2v) is 10.2. The first-order chi connectivity index (χ1) is 17.7. The van der Waals surface area contributed by atoms with E-state index < -0.39 is 10.8 Å². The topological polar surface area (TPSA) is 110 Å². The highest BCUT2D eigenvalue weighted by Gasteiger charge is 2.33. The number of non-ortho nitro benzene ring substituents is 1. The Morgan fingerprint density at radius 2 is 2.00 bits per heavy atom. The molecule has 0 bridgehead atoms. The van der Waals surface area contributed by atoms with Gasteiger partial charge in [0.25, 0.3) is 17.2 Å². The number of thioether (sulfide) groups is 1. The Morgan fingerprint density at radius 1 is 1.22 bits per heavy atom. The van der Waals surface area contributed by atoms with E-state index in [9.17, 15) is 19.7 Å². The number of thiazole rings is 1. The van der Waals surface area contributed by atoms with Gasteiger partial charge in [-0.05, 0) is 25.1 Å². The number of nitro benzene ring substituents is 1. The maximum Gasteiger partial charge on any atom is 0.283 e. The molecule has 3 aromatic rings. The Labute approximate surface area is 219 Å². The van der Waals surface area contributed by atoms with Gasteiger partial charge in [0.2, 0.25) is 0 Å². The van der Waals surface area contributed by atoms with Gasteiger partial charge >= 0.3 is 0 Å². The number of aromatic nitrogens is 1. The summed E-state index contributed by atoms with van der Waals surface area (Å²) in [5.74, 6) is 0.248. The second kappa shape index (κ2) is 9.37. The number of fused-ring (bicyclic) bond motifs is 1. The predicted octanol–water partition coefficient (Wildman–Crippen LogP) is 2.89. The van der Waals surface area contributed by atoms with Crippen LogP contribution in [0.25, 0.3) is 10.6 Å². The van der Waals surface area contributed by atoms with E-state index in [2.05, 4.69) is 11.7 Å². The number of hydrogen-bond acceptors (Lipinski definition) is 9. The molecule has 5 rings (SSSR count). The molecule has 0 fully saturated rings. The van der Waals surface area contributed by atoms with Gasteiger partial charge in [-0.25, -0.2) is 0 Å². The van der Waals surface area contributed by atoms with Crippen molar-refractivity contribution >= 4 is 62.4 Å². The summed E-state index contributed by atoms with van der Waals surface area (Å²) < 4.78 is 7.81. The van der Waals surface area contributed by atoms with Crippen LogP contribution in [0.2, 0.25) is 0 Å². The average Bonchev–Trinajstić information content (AvgIpc) is 3.49. The lowest BCUT2D eigenvalue weighted by Crippen LogP contribution is -2.35. The first-order valence-electron chi connectivity index (χ1n) is 11.1. The highest BCUT2D eigenvalue weighted by Crippen LogP contribution is 2.46. The van der Waals surface area contributed by atoms with Crippen molar-refractivity contribution in [1.82, 2.24) is 4.57 Å². The molecule has 0 spiro atoms. The number of hydrazone groups is 1. The fourth-order valence-corrected chi connectivity index (χ4v) is 6.68. The SMILES string of the molecule is C=CCn1c(=C2C(=O)N(c3cccc([N+](=O)[O-])c3)N=C2C)sc(=C2Sc3ccc(OC)cc3N2C)c1=O. The van der Waals surface area contributed by atoms with E-state index in [4.69, 9.17) is 4.74 Å². The minimum Gasteiger partial charge on any atom is -0.497 e. The van der Waals surface area contributed by atoms with Crippen LogP contribution in [0.4, 0.5) is 17.1 Å². The number of rotatable bonds is 5. The molecule has 3 heterocycles. The fraction of sp³-hybridized carbons (Fsp3) is 0.160. The Bertz CT molecular complexity index is 1700. The molecule has 1 aromatic heterocycles. The number of benzene rings is 2. The zero-order valence-corrected chi connectivity index (χ0v) is 21.8. The van der Waals surface area contributed by atoms with Gasteiger partial charge in [-0.1, -0.05) is 23.9 Å². The zero-order chi connectivity index (χ0) is 26.4. The van der Waals surface area contributed by atoms with Crippen LogP contribution in [0.3, 0.4) is 0 Å². The van der Waals surface area contributed by atoms with Crippen LogP contribution in [0.5, 0.6) is 5.75 Å². The highest BCUT2D eigenvalue weighted by molar-refractivity contribution is 8.08. The number of carbonyl (C=O) groups excluding carboxylic acids is 1. The molecule has 2 aliphatic rings. The van der Waals surface area contributed by atoms with E-state index in [-0.39, 0.29) is 29.1 Å². The maximum absolute atomic E-state index is 13.6. The van der Waals surface area contributed by atoms with Crippen LogP contribution in [-0.4, -0.2) is 35.3 Å². The summed E-state index contributed by atoms with van der Waals surface area (Å²) in [6, 6.07) is 11.4. The molecule has 188 valence electrons. The predicted molar refractivity (Wildman–Crippen MR) is 146 cm³/mol. The van der Waals surface area contributed by atoms with Crippen molar-refractivity contribution in [1.29, 1.82) is 0 Å². The van der Waals surface area contributed by atoms with Crippen molar-refractivity contribution in [3.63, 3.8) is 0 Å². The van der Waals surface area contributed by atoms with Gasteiger partial charge in [0, 0.05) is 36.7 Å². The maximum atomic E-state index is 13.6. The van der Waals surface area contributed by atoms with Crippen molar-refractivity contribution in [3.8, 4) is 5.75 Å². The van der Waals surface area contributed by atoms with Gasteiger partial charge in [0.05, 0.1) is 34.7 Å². The number of ether oxygens (including phenoxy) is 1. The summed E-state index contributed by atoms with van der Waals surface area (Å²) in [6.45, 7) is 5.66. The standard InChI is InChI=1S/C25H21N5O5S2/c1-5-11-28-23(32)21(25-27(3)18-13-17(35-4)9-10-19(18)36-25)37-24(28)20-14(2)26-29(22(20)31)15-7-6-8-16(12-15)30(33)34/h5-10,12-13H,1,11H2,2-4H3. The molecule has 2 aromatic carbocycles. The normalized spacial score (nSPS) is 17.7. The molecular formula is C25H21N5O5S2. The monoisotopic (exact) mass is 535 g/mol. The van der Waals surface area contributed by atoms with E-state index in [0.717, 1.165) is 20.6 Å². The van der Waals surface area contributed by atoms with Gasteiger partial charge in [0.1, 0.15) is 20.0 Å². The Hall–Kier alpha value is -4.16. The number of amides is 1. The molecule has 0 radical (unpaired) electrons. The number of anilines is 2. The molecule has 2 aliphatic heterocycles. The van der Waals surface area contributed by atoms with Gasteiger partial charge in [-0.15, -0.1) is 17.9 Å². The largest absolute Gasteiger partial charge is 0.497 e. The summed E-state index contributed by atoms with van der Waals surface area (Å²) in [5, 5.41) is 17.5. The summed E-state index contributed by atoms with van der Waals surface area (Å²) in [4.78, 5) is 40.8. The van der Waals surface area contributed by atoms with Crippen LogP contribution in [-0.2, 0) is 11.3 Å². The lowest BCUT2D eigenvalue weighted by Gasteiger charge is -2.13. The van der Waals surface area contributed by atoms with Crippen LogP contribution in [0, 0.1) is 10.1 Å². The first kappa shape index (κ1) is 24.5. The van der Waals surface area contributed by atoms with E-state index in [1.165, 1.54) is 45.9 Å². The quantitative estimate of drug-likeness (QED) is 0.281. The molecule has 0 atom stereocenters. The van der Waals surface area contributed by atoms with Crippen molar-refractivity contribution in [2.45, 2.75) is 18.4 Å². The lowest BCUT2D eigenvalue weighted by molar-refractivity contribution is -0.384. The summed E-state index contributed by atoms with van der Waals surface area (Å²) in [7, 11) is 3.49. The molecule has 0 N–H and O–H groups in total. The molecule has 0 saturated heterocycles. The van der Waals surface area contributed by atoms with Gasteiger partial charge in [-0.3, -0.25) is 24.3 Å². The molecule has 12 heteroatoms. The van der Waals surface area contributed by atoms with E-state index in [1.807, 2.05) is 30.1 Å². The van der Waals surface area contributed by atoms with Crippen LogP contribution in [0.1, 0.15) is 6.92 Å². The fourth-order valence-electron chi connectivity index (χ4n) is 4.15. The number of nitro groups is 1. The number of allylic oxidation sites excluding steroid dienone is 1. The Balaban J connectivity index is 1.69. The lowest BCUT2D eigenvalue weighted by atomic mass is 10.2. The first-order valence-corrected chi connectivity index (χ1v) is 12.7. The van der Waals surface area contributed by atoms with E-state index in [0.29, 0.717) is 20.7 Å². The molecule has 0 aliphatic carbocycles. The third-order valence-corrected chi connectivity index (χ3v) is 8.50. The highest BCUT2D eigenvalue weighted by atomic mass is 32.2. The van der Waals surface area contributed by atoms with Gasteiger partial charge in [-0.2, -0.15) is 10.1 Å². The van der Waals surface area contributed by atoms with Crippen molar-refractivity contribution in [3.05, 3.63) is 84.8 Å². The molecule has 10 nitrogen and oxygen atoms in total. The third-order valence-electron chi connectivity index (χ3n) is 5.94. The number of nitrogens with zero attached hydrogens (tertiary/aromatic N) is 5. The molecule has 0 unspecified atom stereocenters. The minimum absolute atomic E-state index is 0.150. The van der Waals surface area contributed by atoms with Crippen LogP contribution in [0.15, 0.2) is 69.9 Å². The summed E-state index contributed by atoms with van der Waals surface area (Å²) in [6.07, 6.45) is 1.60. The van der Waals surface area contributed by atoms with E-state index in [1.54, 1.807) is 26.2 Å². The minimum atomic E-state index is -0.529. The number of carbonyl (C=O) groups is 1. The van der Waals surface area contributed by atoms with Gasteiger partial charge in [0.15, 0.2) is 0 Å². The Morgan fingerprint density at radius 3 is 2.70 bits per heavy atom. The molecular weight excluding hydrogens is 514 g/mol. The van der Waals surface area contributed by atoms with Crippen LogP contribution >= 0.6 is 23.1 Å². The van der Waals surface area contributed by atoms with Gasteiger partial charge < -0.3 is 9.64 Å². The van der Waals surface area contributed by atoms with Crippen molar-refractivity contribution in [2.24, 2.45) is 5.10 Å². The number of hydrogen-bond donors (Lipinski definition) is 0. The smallest absolute Gasteiger partial charge is 0.283 e. The molecule has 37 heavy (non-hydrogen) atoms. The average molecular weight is 536 g/mol. The zero-order valence-electron chi connectivity index (χ0n) is 20.1. The summed E-state index contributed by atoms with van der Waals surface area (Å²) >= 11 is 2.69. The van der Waals surface area contributed by atoms with Crippen molar-refractivity contribution in [2.75, 3.05) is 24.1 Å². The van der Waals surface area contributed by atoms with Crippen LogP contribution < -0.4 is 29.4 Å². The second-order valence-electron chi connectivity index (χ2n) is 8.19. The third kappa shape index (κ3) is 4.03. The Kier molecular flexibility index (Phi) is 6.21. The molecule has 0 saturated carbocycles.